The average Bonchev–Trinajstić information content (AvgIpc) is 3.09. The van der Waals surface area contributed by atoms with E-state index in [1.54, 1.807) is 12.4 Å². The number of primary amides is 1. The van der Waals surface area contributed by atoms with Crippen LogP contribution < -0.4 is 10.6 Å². The lowest BCUT2D eigenvalue weighted by molar-refractivity contribution is -0.126. The maximum Gasteiger partial charge on any atom is 0.258 e. The number of nitrogens with zero attached hydrogens (tertiary/aromatic N) is 3. The molecule has 0 unspecified atom stereocenters. The van der Waals surface area contributed by atoms with Crippen molar-refractivity contribution in [2.45, 2.75) is 59.3 Å². The third-order valence-corrected chi connectivity index (χ3v) is 6.69. The zero-order valence-electron chi connectivity index (χ0n) is 17.0. The van der Waals surface area contributed by atoms with Crippen molar-refractivity contribution in [1.82, 2.24) is 9.97 Å². The molecule has 1 saturated heterocycles. The standard InChI is InChI=1S/C21H30N4O2S/c1-21(2,3)17(26)7-5-4-6-14-8-10-25(11-9-14)20-18-15(23-13-24-20)12-16(28-18)19(22)27/h12-14H,4-11H2,1-3H3,(H2,22,27). The zero-order chi connectivity index (χ0) is 20.3. The lowest BCUT2D eigenvalue weighted by atomic mass is 9.86. The highest BCUT2D eigenvalue weighted by atomic mass is 32.1. The molecule has 0 bridgehead atoms. The molecular weight excluding hydrogens is 372 g/mol. The molecule has 0 radical (unpaired) electrons. The minimum absolute atomic E-state index is 0.218. The quantitative estimate of drug-likeness (QED) is 0.702. The molecule has 1 fully saturated rings. The highest BCUT2D eigenvalue weighted by Crippen LogP contribution is 2.34. The van der Waals surface area contributed by atoms with Crippen LogP contribution in [0.4, 0.5) is 5.82 Å². The number of amides is 1. The monoisotopic (exact) mass is 402 g/mol. The summed E-state index contributed by atoms with van der Waals surface area (Å²) in [5, 5.41) is 0. The second-order valence-corrected chi connectivity index (χ2v) is 9.79. The molecule has 0 aliphatic carbocycles. The van der Waals surface area contributed by atoms with E-state index in [0.29, 0.717) is 23.0 Å². The summed E-state index contributed by atoms with van der Waals surface area (Å²) < 4.78 is 0.940. The summed E-state index contributed by atoms with van der Waals surface area (Å²) >= 11 is 1.37. The highest BCUT2D eigenvalue weighted by Gasteiger charge is 2.24. The van der Waals surface area contributed by atoms with E-state index >= 15 is 0 Å². The second kappa shape index (κ2) is 8.55. The number of anilines is 1. The SMILES string of the molecule is CC(C)(C)C(=O)CCCCC1CCN(c2ncnc3cc(C(N)=O)sc23)CC1. The molecule has 2 aromatic heterocycles. The minimum atomic E-state index is -0.419. The van der Waals surface area contributed by atoms with Gasteiger partial charge >= 0.3 is 0 Å². The molecule has 3 rings (SSSR count). The summed E-state index contributed by atoms with van der Waals surface area (Å²) in [5.41, 5.74) is 5.98. The van der Waals surface area contributed by atoms with Gasteiger partial charge in [-0.15, -0.1) is 11.3 Å². The number of carbonyl (C=O) groups excluding carboxylic acids is 2. The Kier molecular flexibility index (Phi) is 6.33. The second-order valence-electron chi connectivity index (χ2n) is 8.74. The lowest BCUT2D eigenvalue weighted by Gasteiger charge is -2.33. The van der Waals surface area contributed by atoms with E-state index in [1.165, 1.54) is 17.8 Å². The number of rotatable bonds is 7. The van der Waals surface area contributed by atoms with Crippen molar-refractivity contribution >= 4 is 39.1 Å². The number of fused-ring (bicyclic) bond motifs is 1. The third-order valence-electron chi connectivity index (χ3n) is 5.55. The van der Waals surface area contributed by atoms with Gasteiger partial charge in [0.25, 0.3) is 5.91 Å². The van der Waals surface area contributed by atoms with Crippen LogP contribution >= 0.6 is 11.3 Å². The largest absolute Gasteiger partial charge is 0.365 e. The summed E-state index contributed by atoms with van der Waals surface area (Å²) in [7, 11) is 0. The molecule has 1 amide bonds. The van der Waals surface area contributed by atoms with Crippen molar-refractivity contribution in [2.24, 2.45) is 17.1 Å². The van der Waals surface area contributed by atoms with E-state index < -0.39 is 5.91 Å². The van der Waals surface area contributed by atoms with E-state index in [0.717, 1.165) is 54.8 Å². The summed E-state index contributed by atoms with van der Waals surface area (Å²) in [6, 6.07) is 1.75. The smallest absolute Gasteiger partial charge is 0.258 e. The molecule has 1 aliphatic heterocycles. The van der Waals surface area contributed by atoms with Gasteiger partial charge in [-0.3, -0.25) is 9.59 Å². The topological polar surface area (TPSA) is 89.2 Å². The zero-order valence-corrected chi connectivity index (χ0v) is 17.8. The van der Waals surface area contributed by atoms with Crippen LogP contribution in [0.3, 0.4) is 0 Å². The molecule has 0 aromatic carbocycles. The van der Waals surface area contributed by atoms with Crippen molar-refractivity contribution in [3.8, 4) is 0 Å². The molecule has 0 atom stereocenters. The maximum absolute atomic E-state index is 12.0. The van der Waals surface area contributed by atoms with Crippen molar-refractivity contribution in [1.29, 1.82) is 0 Å². The Morgan fingerprint density at radius 3 is 2.57 bits per heavy atom. The fraction of sp³-hybridized carbons (Fsp3) is 0.619. The summed E-state index contributed by atoms with van der Waals surface area (Å²) in [6.45, 7) is 7.91. The molecule has 6 nitrogen and oxygen atoms in total. The number of nitrogens with two attached hydrogens (primary N) is 1. The number of unbranched alkanes of at least 4 members (excludes halogenated alkanes) is 1. The van der Waals surface area contributed by atoms with E-state index in [9.17, 15) is 9.59 Å². The van der Waals surface area contributed by atoms with Crippen molar-refractivity contribution in [3.63, 3.8) is 0 Å². The molecule has 2 N–H and O–H groups in total. The normalized spacial score (nSPS) is 15.9. The first-order valence-corrected chi connectivity index (χ1v) is 10.9. The Morgan fingerprint density at radius 1 is 1.21 bits per heavy atom. The maximum atomic E-state index is 12.0. The fourth-order valence-corrected chi connectivity index (χ4v) is 4.70. The van der Waals surface area contributed by atoms with E-state index in [-0.39, 0.29) is 5.41 Å². The number of Topliss-reactive ketones (excluding diaryl/α,β-unsaturated/α-hetero) is 1. The van der Waals surface area contributed by atoms with E-state index in [1.807, 2.05) is 20.8 Å². The van der Waals surface area contributed by atoms with Gasteiger partial charge in [0.2, 0.25) is 0 Å². The summed E-state index contributed by atoms with van der Waals surface area (Å²) in [5.74, 6) is 1.57. The molecule has 2 aromatic rings. The Morgan fingerprint density at radius 2 is 1.93 bits per heavy atom. The summed E-state index contributed by atoms with van der Waals surface area (Å²) in [4.78, 5) is 35.1. The van der Waals surface area contributed by atoms with Crippen molar-refractivity contribution in [3.05, 3.63) is 17.3 Å². The number of piperidine rings is 1. The predicted octanol–water partition coefficient (Wildman–Crippen LogP) is 4.18. The van der Waals surface area contributed by atoms with Gasteiger partial charge < -0.3 is 10.6 Å². The van der Waals surface area contributed by atoms with Crippen LogP contribution in [0.1, 0.15) is 69.0 Å². The molecule has 7 heteroatoms. The molecule has 1 aliphatic rings. The lowest BCUT2D eigenvalue weighted by Crippen LogP contribution is -2.34. The van der Waals surface area contributed by atoms with Crippen molar-refractivity contribution in [2.75, 3.05) is 18.0 Å². The predicted molar refractivity (Wildman–Crippen MR) is 114 cm³/mol. The van der Waals surface area contributed by atoms with Gasteiger partial charge in [-0.25, -0.2) is 9.97 Å². The Bertz CT molecular complexity index is 848. The van der Waals surface area contributed by atoms with Crippen LogP contribution in [0.15, 0.2) is 12.4 Å². The summed E-state index contributed by atoms with van der Waals surface area (Å²) in [6.07, 6.45) is 7.83. The molecular formula is C21H30N4O2S. The Labute approximate surface area is 170 Å². The first-order chi connectivity index (χ1) is 13.3. The Hall–Kier alpha value is -2.02. The van der Waals surface area contributed by atoms with Crippen molar-refractivity contribution < 1.29 is 9.59 Å². The van der Waals surface area contributed by atoms with Gasteiger partial charge in [0, 0.05) is 24.9 Å². The van der Waals surface area contributed by atoms with Gasteiger partial charge in [0.15, 0.2) is 0 Å². The van der Waals surface area contributed by atoms with Crippen LogP contribution in [0, 0.1) is 11.3 Å². The van der Waals surface area contributed by atoms with Crippen LogP contribution in [-0.2, 0) is 4.79 Å². The molecule has 28 heavy (non-hydrogen) atoms. The fourth-order valence-electron chi connectivity index (χ4n) is 3.72. The highest BCUT2D eigenvalue weighted by molar-refractivity contribution is 7.21. The average molecular weight is 403 g/mol. The minimum Gasteiger partial charge on any atom is -0.365 e. The third kappa shape index (κ3) is 4.87. The molecule has 0 spiro atoms. The first kappa shape index (κ1) is 20.7. The van der Waals surface area contributed by atoms with E-state index in [2.05, 4.69) is 14.9 Å². The number of aromatic nitrogens is 2. The number of carbonyl (C=O) groups is 2. The van der Waals surface area contributed by atoms with Gasteiger partial charge in [0.1, 0.15) is 17.9 Å². The van der Waals surface area contributed by atoms with Gasteiger partial charge in [-0.1, -0.05) is 33.6 Å². The number of hydrogen-bond donors (Lipinski definition) is 1. The number of ketones is 1. The van der Waals surface area contributed by atoms with Gasteiger partial charge in [0.05, 0.1) is 15.1 Å². The van der Waals surface area contributed by atoms with Gasteiger partial charge in [-0.05, 0) is 31.2 Å². The van der Waals surface area contributed by atoms with Gasteiger partial charge in [-0.2, -0.15) is 0 Å². The Balaban J connectivity index is 1.51. The van der Waals surface area contributed by atoms with E-state index in [4.69, 9.17) is 5.73 Å². The number of hydrogen-bond acceptors (Lipinski definition) is 6. The molecule has 152 valence electrons. The van der Waals surface area contributed by atoms with Crippen LogP contribution in [-0.4, -0.2) is 34.7 Å². The molecule has 3 heterocycles. The van der Waals surface area contributed by atoms with Crippen LogP contribution in [0.5, 0.6) is 0 Å². The van der Waals surface area contributed by atoms with Crippen LogP contribution in [0.2, 0.25) is 0 Å². The molecule has 0 saturated carbocycles. The number of thiophene rings is 1. The van der Waals surface area contributed by atoms with Crippen LogP contribution in [0.25, 0.3) is 10.2 Å². The first-order valence-electron chi connectivity index (χ1n) is 10.1.